The van der Waals surface area contributed by atoms with Crippen molar-refractivity contribution in [3.63, 3.8) is 0 Å². The lowest BCUT2D eigenvalue weighted by Crippen LogP contribution is -2.48. The SMILES string of the molecule is O=C(NCC(c1ccccc1)c1ccccc1)C1CNCCO1. The fraction of sp³-hybridized carbons (Fsp3) is 0.316. The van der Waals surface area contributed by atoms with Crippen LogP contribution < -0.4 is 10.6 Å². The van der Waals surface area contributed by atoms with Gasteiger partial charge >= 0.3 is 0 Å². The van der Waals surface area contributed by atoms with Gasteiger partial charge in [-0.3, -0.25) is 4.79 Å². The quantitative estimate of drug-likeness (QED) is 0.887. The van der Waals surface area contributed by atoms with Crippen LogP contribution in [0.15, 0.2) is 60.7 Å². The van der Waals surface area contributed by atoms with Gasteiger partial charge in [0.2, 0.25) is 5.91 Å². The zero-order valence-electron chi connectivity index (χ0n) is 13.1. The molecular weight excluding hydrogens is 288 g/mol. The first-order chi connectivity index (χ1) is 11.3. The summed E-state index contributed by atoms with van der Waals surface area (Å²) in [5, 5.41) is 6.23. The molecule has 0 radical (unpaired) electrons. The normalized spacial score (nSPS) is 17.9. The molecule has 1 aliphatic heterocycles. The van der Waals surface area contributed by atoms with Crippen LogP contribution in [0.2, 0.25) is 0 Å². The first kappa shape index (κ1) is 15.7. The molecule has 120 valence electrons. The van der Waals surface area contributed by atoms with Gasteiger partial charge < -0.3 is 15.4 Å². The van der Waals surface area contributed by atoms with E-state index in [2.05, 4.69) is 34.9 Å². The van der Waals surface area contributed by atoms with Crippen LogP contribution in [-0.2, 0) is 9.53 Å². The third-order valence-corrected chi connectivity index (χ3v) is 4.10. The second kappa shape index (κ2) is 7.90. The van der Waals surface area contributed by atoms with Crippen LogP contribution in [0.5, 0.6) is 0 Å². The van der Waals surface area contributed by atoms with Crippen molar-refractivity contribution >= 4 is 5.91 Å². The van der Waals surface area contributed by atoms with Crippen molar-refractivity contribution < 1.29 is 9.53 Å². The monoisotopic (exact) mass is 310 g/mol. The zero-order valence-corrected chi connectivity index (χ0v) is 13.1. The number of morpholine rings is 1. The average Bonchev–Trinajstić information content (AvgIpc) is 2.64. The fourth-order valence-electron chi connectivity index (χ4n) is 2.85. The van der Waals surface area contributed by atoms with Crippen molar-refractivity contribution in [2.75, 3.05) is 26.2 Å². The lowest BCUT2D eigenvalue weighted by molar-refractivity contribution is -0.134. The van der Waals surface area contributed by atoms with E-state index in [0.717, 1.165) is 6.54 Å². The third kappa shape index (κ3) is 4.18. The first-order valence-corrected chi connectivity index (χ1v) is 8.04. The molecule has 0 bridgehead atoms. The van der Waals surface area contributed by atoms with Crippen molar-refractivity contribution in [1.29, 1.82) is 0 Å². The number of rotatable bonds is 5. The maximum atomic E-state index is 12.3. The largest absolute Gasteiger partial charge is 0.366 e. The smallest absolute Gasteiger partial charge is 0.250 e. The predicted octanol–water partition coefficient (Wildman–Crippen LogP) is 1.92. The van der Waals surface area contributed by atoms with E-state index in [1.807, 2.05) is 36.4 Å². The Bertz CT molecular complexity index is 570. The van der Waals surface area contributed by atoms with Crippen LogP contribution in [0, 0.1) is 0 Å². The molecule has 1 heterocycles. The van der Waals surface area contributed by atoms with E-state index < -0.39 is 6.10 Å². The molecule has 4 nitrogen and oxygen atoms in total. The molecule has 4 heteroatoms. The molecule has 3 rings (SSSR count). The summed E-state index contributed by atoms with van der Waals surface area (Å²) in [5.74, 6) is 0.0898. The molecule has 1 aliphatic rings. The number of ether oxygens (including phenoxy) is 1. The molecule has 1 saturated heterocycles. The Morgan fingerprint density at radius 3 is 2.22 bits per heavy atom. The van der Waals surface area contributed by atoms with E-state index in [-0.39, 0.29) is 11.8 Å². The van der Waals surface area contributed by atoms with Gasteiger partial charge in [-0.1, -0.05) is 60.7 Å². The molecule has 2 aromatic carbocycles. The average molecular weight is 310 g/mol. The van der Waals surface area contributed by atoms with Gasteiger partial charge in [0.05, 0.1) is 6.61 Å². The van der Waals surface area contributed by atoms with Crippen LogP contribution in [0.4, 0.5) is 0 Å². The number of hydrogen-bond acceptors (Lipinski definition) is 3. The molecule has 1 fully saturated rings. The van der Waals surface area contributed by atoms with Crippen LogP contribution in [-0.4, -0.2) is 38.3 Å². The Balaban J connectivity index is 1.70. The number of hydrogen-bond donors (Lipinski definition) is 2. The summed E-state index contributed by atoms with van der Waals surface area (Å²) < 4.78 is 5.51. The van der Waals surface area contributed by atoms with E-state index in [0.29, 0.717) is 19.7 Å². The van der Waals surface area contributed by atoms with E-state index in [9.17, 15) is 4.79 Å². The van der Waals surface area contributed by atoms with E-state index >= 15 is 0 Å². The van der Waals surface area contributed by atoms with E-state index in [1.165, 1.54) is 11.1 Å². The molecule has 0 saturated carbocycles. The van der Waals surface area contributed by atoms with Gasteiger partial charge in [0, 0.05) is 25.6 Å². The molecule has 1 atom stereocenters. The van der Waals surface area contributed by atoms with Crippen LogP contribution >= 0.6 is 0 Å². The second-order valence-electron chi connectivity index (χ2n) is 5.68. The Morgan fingerprint density at radius 2 is 1.70 bits per heavy atom. The third-order valence-electron chi connectivity index (χ3n) is 4.10. The first-order valence-electron chi connectivity index (χ1n) is 8.04. The highest BCUT2D eigenvalue weighted by Gasteiger charge is 2.23. The van der Waals surface area contributed by atoms with Gasteiger partial charge in [0.25, 0.3) is 0 Å². The van der Waals surface area contributed by atoms with Gasteiger partial charge in [-0.25, -0.2) is 0 Å². The van der Waals surface area contributed by atoms with Crippen LogP contribution in [0.3, 0.4) is 0 Å². The van der Waals surface area contributed by atoms with Gasteiger partial charge in [-0.15, -0.1) is 0 Å². The summed E-state index contributed by atoms with van der Waals surface area (Å²) >= 11 is 0. The lowest BCUT2D eigenvalue weighted by Gasteiger charge is -2.24. The minimum absolute atomic E-state index is 0.0472. The second-order valence-corrected chi connectivity index (χ2v) is 5.68. The number of carbonyl (C=O) groups is 1. The van der Waals surface area contributed by atoms with E-state index in [1.54, 1.807) is 0 Å². The Labute approximate surface area is 136 Å². The van der Waals surface area contributed by atoms with E-state index in [4.69, 9.17) is 4.74 Å². The van der Waals surface area contributed by atoms with Crippen molar-refractivity contribution in [3.8, 4) is 0 Å². The fourth-order valence-corrected chi connectivity index (χ4v) is 2.85. The molecular formula is C19H22N2O2. The van der Waals surface area contributed by atoms with Crippen molar-refractivity contribution in [1.82, 2.24) is 10.6 Å². The number of benzene rings is 2. The highest BCUT2D eigenvalue weighted by atomic mass is 16.5. The number of amides is 1. The van der Waals surface area contributed by atoms with Crippen molar-refractivity contribution in [2.24, 2.45) is 0 Å². The highest BCUT2D eigenvalue weighted by Crippen LogP contribution is 2.23. The topological polar surface area (TPSA) is 50.4 Å². The Hall–Kier alpha value is -2.17. The van der Waals surface area contributed by atoms with Gasteiger partial charge in [0.15, 0.2) is 0 Å². The summed E-state index contributed by atoms with van der Waals surface area (Å²) in [5.41, 5.74) is 2.39. The van der Waals surface area contributed by atoms with Crippen molar-refractivity contribution in [3.05, 3.63) is 71.8 Å². The molecule has 23 heavy (non-hydrogen) atoms. The summed E-state index contributed by atoms with van der Waals surface area (Å²) in [6, 6.07) is 20.5. The molecule has 1 amide bonds. The standard InChI is InChI=1S/C19H22N2O2/c22-19(18-14-20-11-12-23-18)21-13-17(15-7-3-1-4-8-15)16-9-5-2-6-10-16/h1-10,17-18,20H,11-14H2,(H,21,22). The summed E-state index contributed by atoms with van der Waals surface area (Å²) in [7, 11) is 0. The minimum Gasteiger partial charge on any atom is -0.366 e. The molecule has 1 unspecified atom stereocenters. The molecule has 2 N–H and O–H groups in total. The van der Waals surface area contributed by atoms with Crippen LogP contribution in [0.25, 0.3) is 0 Å². The number of carbonyl (C=O) groups excluding carboxylic acids is 1. The summed E-state index contributed by atoms with van der Waals surface area (Å²) in [6.07, 6.45) is -0.393. The van der Waals surface area contributed by atoms with Gasteiger partial charge in [0.1, 0.15) is 6.10 Å². The van der Waals surface area contributed by atoms with Gasteiger partial charge in [-0.2, -0.15) is 0 Å². The lowest BCUT2D eigenvalue weighted by atomic mass is 9.91. The van der Waals surface area contributed by atoms with Crippen LogP contribution in [0.1, 0.15) is 17.0 Å². The predicted molar refractivity (Wildman–Crippen MR) is 90.3 cm³/mol. The molecule has 0 aromatic heterocycles. The maximum absolute atomic E-state index is 12.3. The van der Waals surface area contributed by atoms with Crippen molar-refractivity contribution in [2.45, 2.75) is 12.0 Å². The Kier molecular flexibility index (Phi) is 5.40. The summed E-state index contributed by atoms with van der Waals surface area (Å²) in [4.78, 5) is 12.3. The molecule has 0 spiro atoms. The minimum atomic E-state index is -0.393. The van der Waals surface area contributed by atoms with Gasteiger partial charge in [-0.05, 0) is 11.1 Å². The number of nitrogens with one attached hydrogen (secondary N) is 2. The molecule has 2 aromatic rings. The molecule has 0 aliphatic carbocycles. The zero-order chi connectivity index (χ0) is 15.9. The maximum Gasteiger partial charge on any atom is 0.250 e. The highest BCUT2D eigenvalue weighted by molar-refractivity contribution is 5.81. The summed E-state index contributed by atoms with van der Waals surface area (Å²) in [6.45, 7) is 2.53. The Morgan fingerprint density at radius 1 is 1.09 bits per heavy atom.